The van der Waals surface area contributed by atoms with Gasteiger partial charge in [-0.05, 0) is 53.1 Å². The summed E-state index contributed by atoms with van der Waals surface area (Å²) in [5.74, 6) is 0.405. The van der Waals surface area contributed by atoms with Crippen LogP contribution in [0.1, 0.15) is 22.3 Å². The molecular formula is C22H18FNO3S. The first kappa shape index (κ1) is 18.3. The number of rotatable bonds is 3. The smallest absolute Gasteiger partial charge is 0.229 e. The number of hydrogen-bond acceptors (Lipinski definition) is 3. The second-order valence-electron chi connectivity index (χ2n) is 6.64. The van der Waals surface area contributed by atoms with Crippen molar-refractivity contribution in [3.63, 3.8) is 0 Å². The second kappa shape index (κ2) is 7.13. The van der Waals surface area contributed by atoms with E-state index in [1.807, 2.05) is 36.4 Å². The highest BCUT2D eigenvalue weighted by Gasteiger charge is 2.19. The maximum atomic E-state index is 13.8. The van der Waals surface area contributed by atoms with Crippen molar-refractivity contribution in [1.82, 2.24) is 0 Å². The Bertz CT molecular complexity index is 1190. The van der Waals surface area contributed by atoms with Gasteiger partial charge in [0.05, 0.1) is 6.26 Å². The molecule has 0 saturated heterocycles. The van der Waals surface area contributed by atoms with Gasteiger partial charge in [-0.3, -0.25) is 4.72 Å². The zero-order chi connectivity index (χ0) is 19.7. The minimum atomic E-state index is -3.37. The van der Waals surface area contributed by atoms with Crippen molar-refractivity contribution in [2.45, 2.75) is 6.61 Å². The Labute approximate surface area is 163 Å². The summed E-state index contributed by atoms with van der Waals surface area (Å²) in [5.41, 5.74) is 4.72. The van der Waals surface area contributed by atoms with Gasteiger partial charge in [-0.1, -0.05) is 36.4 Å². The summed E-state index contributed by atoms with van der Waals surface area (Å²) in [4.78, 5) is 0. The average molecular weight is 395 g/mol. The molecule has 0 amide bonds. The number of anilines is 1. The van der Waals surface area contributed by atoms with Crippen LogP contribution in [0.5, 0.6) is 5.75 Å². The lowest BCUT2D eigenvalue weighted by Gasteiger charge is -2.11. The minimum absolute atomic E-state index is 0.275. The molecule has 1 N–H and O–H groups in total. The highest BCUT2D eigenvalue weighted by atomic mass is 32.2. The van der Waals surface area contributed by atoms with E-state index in [2.05, 4.69) is 4.72 Å². The van der Waals surface area contributed by atoms with Gasteiger partial charge in [0.25, 0.3) is 0 Å². The van der Waals surface area contributed by atoms with Crippen LogP contribution in [0.2, 0.25) is 0 Å². The van der Waals surface area contributed by atoms with Crippen molar-refractivity contribution in [1.29, 1.82) is 0 Å². The largest absolute Gasteiger partial charge is 0.488 e. The molecular weight excluding hydrogens is 377 g/mol. The third kappa shape index (κ3) is 3.92. The number of para-hydroxylation sites is 1. The fourth-order valence-corrected chi connectivity index (χ4v) is 3.84. The number of hydrogen-bond donors (Lipinski definition) is 1. The van der Waals surface area contributed by atoms with Crippen LogP contribution in [0.25, 0.3) is 11.6 Å². The Morgan fingerprint density at radius 3 is 2.64 bits per heavy atom. The molecule has 142 valence electrons. The second-order valence-corrected chi connectivity index (χ2v) is 8.39. The summed E-state index contributed by atoms with van der Waals surface area (Å²) >= 11 is 0. The molecule has 1 heterocycles. The fourth-order valence-electron chi connectivity index (χ4n) is 3.29. The third-order valence-electron chi connectivity index (χ3n) is 4.42. The van der Waals surface area contributed by atoms with E-state index in [-0.39, 0.29) is 12.4 Å². The molecule has 0 aliphatic carbocycles. The fraction of sp³-hybridized carbons (Fsp3) is 0.0909. The van der Waals surface area contributed by atoms with Crippen LogP contribution >= 0.6 is 0 Å². The topological polar surface area (TPSA) is 55.4 Å². The molecule has 0 spiro atoms. The molecule has 3 aromatic rings. The van der Waals surface area contributed by atoms with Crippen LogP contribution in [-0.4, -0.2) is 14.7 Å². The molecule has 1 aliphatic heterocycles. The Balaban J connectivity index is 1.88. The predicted molar refractivity (Wildman–Crippen MR) is 109 cm³/mol. The molecule has 0 atom stereocenters. The van der Waals surface area contributed by atoms with Gasteiger partial charge in [-0.15, -0.1) is 0 Å². The molecule has 0 bridgehead atoms. The first-order chi connectivity index (χ1) is 13.4. The summed E-state index contributed by atoms with van der Waals surface area (Å²) in [7, 11) is -3.37. The van der Waals surface area contributed by atoms with E-state index in [4.69, 9.17) is 4.74 Å². The normalized spacial score (nSPS) is 14.6. The monoisotopic (exact) mass is 395 g/mol. The number of sulfonamides is 1. The lowest BCUT2D eigenvalue weighted by Crippen LogP contribution is -2.09. The number of ether oxygens (including phenoxy) is 1. The van der Waals surface area contributed by atoms with Crippen molar-refractivity contribution in [3.05, 3.63) is 94.8 Å². The summed E-state index contributed by atoms with van der Waals surface area (Å²) in [5, 5.41) is 0. The van der Waals surface area contributed by atoms with E-state index >= 15 is 0 Å². The van der Waals surface area contributed by atoms with E-state index < -0.39 is 10.0 Å². The zero-order valence-corrected chi connectivity index (χ0v) is 16.0. The SMILES string of the molecule is CS(=O)(=O)Nc1cccc(C=C2c3ccc(F)cc3COc3ccccc32)c1. The van der Waals surface area contributed by atoms with Crippen LogP contribution in [0.15, 0.2) is 66.7 Å². The van der Waals surface area contributed by atoms with Crippen LogP contribution in [-0.2, 0) is 16.6 Å². The molecule has 3 aromatic carbocycles. The maximum Gasteiger partial charge on any atom is 0.229 e. The van der Waals surface area contributed by atoms with Crippen LogP contribution < -0.4 is 9.46 Å². The van der Waals surface area contributed by atoms with E-state index in [1.165, 1.54) is 12.1 Å². The zero-order valence-electron chi connectivity index (χ0n) is 15.1. The molecule has 6 heteroatoms. The lowest BCUT2D eigenvalue weighted by atomic mass is 9.92. The summed E-state index contributed by atoms with van der Waals surface area (Å²) in [6, 6.07) is 19.4. The summed E-state index contributed by atoms with van der Waals surface area (Å²) in [6.45, 7) is 0.275. The van der Waals surface area contributed by atoms with E-state index in [0.29, 0.717) is 5.69 Å². The standard InChI is InChI=1S/C22H18FNO3S/c1-28(25,26)24-18-6-4-5-15(11-18)12-21-19-10-9-17(23)13-16(19)14-27-22-8-3-2-7-20(21)22/h2-13,24H,14H2,1H3. The minimum Gasteiger partial charge on any atom is -0.488 e. The van der Waals surface area contributed by atoms with Gasteiger partial charge in [0.15, 0.2) is 0 Å². The first-order valence-electron chi connectivity index (χ1n) is 8.70. The van der Waals surface area contributed by atoms with Crippen LogP contribution in [0, 0.1) is 5.82 Å². The molecule has 0 radical (unpaired) electrons. The quantitative estimate of drug-likeness (QED) is 0.701. The van der Waals surface area contributed by atoms with Crippen molar-refractivity contribution >= 4 is 27.4 Å². The van der Waals surface area contributed by atoms with Gasteiger partial charge in [0, 0.05) is 16.8 Å². The Kier molecular flexibility index (Phi) is 4.65. The highest BCUT2D eigenvalue weighted by Crippen LogP contribution is 2.38. The van der Waals surface area contributed by atoms with E-state index in [1.54, 1.807) is 24.3 Å². The van der Waals surface area contributed by atoms with Gasteiger partial charge < -0.3 is 4.74 Å². The Morgan fingerprint density at radius 2 is 1.82 bits per heavy atom. The summed E-state index contributed by atoms with van der Waals surface area (Å²) < 4.78 is 45.2. The van der Waals surface area contributed by atoms with Crippen LogP contribution in [0.4, 0.5) is 10.1 Å². The van der Waals surface area contributed by atoms with Gasteiger partial charge in [0.1, 0.15) is 18.2 Å². The lowest BCUT2D eigenvalue weighted by molar-refractivity contribution is 0.306. The van der Waals surface area contributed by atoms with Gasteiger partial charge in [-0.25, -0.2) is 12.8 Å². The van der Waals surface area contributed by atoms with Crippen molar-refractivity contribution < 1.29 is 17.5 Å². The molecule has 28 heavy (non-hydrogen) atoms. The molecule has 4 rings (SSSR count). The van der Waals surface area contributed by atoms with Gasteiger partial charge >= 0.3 is 0 Å². The number of nitrogens with one attached hydrogen (secondary N) is 1. The molecule has 4 nitrogen and oxygen atoms in total. The third-order valence-corrected chi connectivity index (χ3v) is 5.03. The molecule has 0 saturated carbocycles. The van der Waals surface area contributed by atoms with Crippen molar-refractivity contribution in [2.24, 2.45) is 0 Å². The Hall–Kier alpha value is -3.12. The van der Waals surface area contributed by atoms with Crippen LogP contribution in [0.3, 0.4) is 0 Å². The van der Waals surface area contributed by atoms with E-state index in [9.17, 15) is 12.8 Å². The molecule has 0 aromatic heterocycles. The first-order valence-corrected chi connectivity index (χ1v) is 10.6. The highest BCUT2D eigenvalue weighted by molar-refractivity contribution is 7.92. The van der Waals surface area contributed by atoms with E-state index in [0.717, 1.165) is 39.8 Å². The Morgan fingerprint density at radius 1 is 1.00 bits per heavy atom. The predicted octanol–water partition coefficient (Wildman–Crippen LogP) is 4.68. The maximum absolute atomic E-state index is 13.8. The number of benzene rings is 3. The van der Waals surface area contributed by atoms with Crippen molar-refractivity contribution in [2.75, 3.05) is 11.0 Å². The molecule has 1 aliphatic rings. The van der Waals surface area contributed by atoms with Gasteiger partial charge in [-0.2, -0.15) is 0 Å². The number of fused-ring (bicyclic) bond motifs is 2. The molecule has 0 unspecified atom stereocenters. The summed E-state index contributed by atoms with van der Waals surface area (Å²) in [6.07, 6.45) is 3.07. The van der Waals surface area contributed by atoms with Crippen molar-refractivity contribution in [3.8, 4) is 5.75 Å². The number of halogens is 1. The average Bonchev–Trinajstić information content (AvgIpc) is 2.78. The molecule has 0 fully saturated rings. The van der Waals surface area contributed by atoms with Gasteiger partial charge in [0.2, 0.25) is 10.0 Å².